The molecule has 2 aliphatic rings. The monoisotopic (exact) mass is 641 g/mol. The predicted molar refractivity (Wildman–Crippen MR) is 169 cm³/mol. The molecule has 2 saturated heterocycles. The first-order chi connectivity index (χ1) is 22.0. The first kappa shape index (κ1) is 33.3. The summed E-state index contributed by atoms with van der Waals surface area (Å²) in [5, 5.41) is 7.17. The van der Waals surface area contributed by atoms with Crippen molar-refractivity contribution in [3.05, 3.63) is 65.4 Å². The lowest BCUT2D eigenvalue weighted by Crippen LogP contribution is -2.48. The number of likely N-dealkylation sites (tertiary alicyclic amines) is 2. The van der Waals surface area contributed by atoms with E-state index in [1.165, 1.54) is 48.2 Å². The highest BCUT2D eigenvalue weighted by Crippen LogP contribution is 2.32. The number of hydrogen-bond acceptors (Lipinski definition) is 6. The molecule has 9 nitrogen and oxygen atoms in total. The van der Waals surface area contributed by atoms with Crippen molar-refractivity contribution in [1.29, 1.82) is 0 Å². The zero-order chi connectivity index (χ0) is 32.8. The van der Waals surface area contributed by atoms with E-state index in [-0.39, 0.29) is 34.8 Å². The lowest BCUT2D eigenvalue weighted by atomic mass is 10.0. The van der Waals surface area contributed by atoms with Crippen molar-refractivity contribution >= 4 is 17.7 Å². The third kappa shape index (κ3) is 8.01. The molecule has 3 aromatic rings. The van der Waals surface area contributed by atoms with Crippen LogP contribution in [0.1, 0.15) is 80.4 Å². The van der Waals surface area contributed by atoms with Gasteiger partial charge in [0.2, 0.25) is 12.2 Å². The molecule has 1 atom stereocenters. The van der Waals surface area contributed by atoms with Crippen LogP contribution < -0.4 is 14.8 Å². The summed E-state index contributed by atoms with van der Waals surface area (Å²) in [5.74, 6) is -3.57. The number of ether oxygens (including phenoxy) is 2. The fourth-order valence-electron chi connectivity index (χ4n) is 6.04. The third-order valence-electron chi connectivity index (χ3n) is 8.55. The van der Waals surface area contributed by atoms with Gasteiger partial charge in [-0.3, -0.25) is 4.79 Å². The normalized spacial score (nSPS) is 17.0. The van der Waals surface area contributed by atoms with Gasteiger partial charge in [-0.15, -0.1) is 0 Å². The molecule has 46 heavy (non-hydrogen) atoms. The van der Waals surface area contributed by atoms with E-state index < -0.39 is 24.3 Å². The van der Waals surface area contributed by atoms with Crippen molar-refractivity contribution < 1.29 is 32.2 Å². The third-order valence-corrected chi connectivity index (χ3v) is 8.55. The van der Waals surface area contributed by atoms with Gasteiger partial charge < -0.3 is 24.6 Å². The lowest BCUT2D eigenvalue weighted by Gasteiger charge is -2.39. The highest BCUT2D eigenvalue weighted by molar-refractivity contribution is 6.07. The number of benzene rings is 2. The smallest absolute Gasteiger partial charge is 0.416 e. The average molecular weight is 642 g/mol. The number of rotatable bonds is 10. The molecular weight excluding hydrogens is 599 g/mol. The standard InChI is InChI=1S/C34H42F3N5O4/c1-4-9-29(35)45-28-14-12-27(13-15-28)42-32(46-33(44)41-20-16-26(17-21-41)40-18-6-5-7-19-40)30(23(2)39-42)31(43)38-25-11-8-10-24(22-25)34(3,36)37/h8,10-15,22,26,29H,4-7,9,16-21H2,1-3H3,(H,38,43). The fourth-order valence-corrected chi connectivity index (χ4v) is 6.04. The number of amides is 2. The molecule has 1 unspecified atom stereocenters. The van der Waals surface area contributed by atoms with Crippen LogP contribution in [0.15, 0.2) is 48.5 Å². The number of hydrogen-bond donors (Lipinski definition) is 1. The molecule has 1 N–H and O–H groups in total. The van der Waals surface area contributed by atoms with Crippen molar-refractivity contribution in [3.63, 3.8) is 0 Å². The number of anilines is 1. The van der Waals surface area contributed by atoms with E-state index in [2.05, 4.69) is 15.3 Å². The molecule has 5 rings (SSSR count). The Kier molecular flexibility index (Phi) is 10.6. The second-order valence-electron chi connectivity index (χ2n) is 12.1. The number of aromatic nitrogens is 2. The Morgan fingerprint density at radius 2 is 1.74 bits per heavy atom. The summed E-state index contributed by atoms with van der Waals surface area (Å²) in [4.78, 5) is 31.3. The van der Waals surface area contributed by atoms with Gasteiger partial charge >= 0.3 is 6.09 Å². The maximum absolute atomic E-state index is 14.1. The quantitative estimate of drug-likeness (QED) is 0.247. The summed E-state index contributed by atoms with van der Waals surface area (Å²) in [6, 6.07) is 12.2. The molecule has 0 spiro atoms. The highest BCUT2D eigenvalue weighted by Gasteiger charge is 2.32. The molecule has 3 heterocycles. The Bertz CT molecular complexity index is 1490. The largest absolute Gasteiger partial charge is 0.460 e. The topological polar surface area (TPSA) is 88.9 Å². The number of carbonyl (C=O) groups is 2. The minimum Gasteiger partial charge on any atom is -0.460 e. The molecule has 2 aromatic carbocycles. The summed E-state index contributed by atoms with van der Waals surface area (Å²) < 4.78 is 54.6. The van der Waals surface area contributed by atoms with Gasteiger partial charge in [0.05, 0.1) is 11.4 Å². The molecule has 2 amide bonds. The van der Waals surface area contributed by atoms with E-state index in [0.29, 0.717) is 37.0 Å². The first-order valence-corrected chi connectivity index (χ1v) is 16.0. The van der Waals surface area contributed by atoms with Crippen molar-refractivity contribution in [2.45, 2.75) is 84.0 Å². The molecule has 0 aliphatic carbocycles. The van der Waals surface area contributed by atoms with Crippen molar-refractivity contribution in [2.24, 2.45) is 0 Å². The Morgan fingerprint density at radius 3 is 2.39 bits per heavy atom. The van der Waals surface area contributed by atoms with Crippen LogP contribution >= 0.6 is 0 Å². The van der Waals surface area contributed by atoms with Crippen LogP contribution in [0.25, 0.3) is 5.69 Å². The second-order valence-corrected chi connectivity index (χ2v) is 12.1. The van der Waals surface area contributed by atoms with E-state index in [9.17, 15) is 22.8 Å². The Labute approximate surface area is 267 Å². The van der Waals surface area contributed by atoms with Crippen LogP contribution in [0.4, 0.5) is 23.7 Å². The average Bonchev–Trinajstić information content (AvgIpc) is 3.37. The molecule has 2 aliphatic heterocycles. The summed E-state index contributed by atoms with van der Waals surface area (Å²) in [5.41, 5.74) is 0.585. The number of nitrogens with zero attached hydrogens (tertiary/aromatic N) is 4. The minimum absolute atomic E-state index is 0.0164. The van der Waals surface area contributed by atoms with Gasteiger partial charge in [-0.1, -0.05) is 25.5 Å². The molecule has 1 aromatic heterocycles. The van der Waals surface area contributed by atoms with Crippen LogP contribution in [0, 0.1) is 6.92 Å². The molecule has 0 bridgehead atoms. The zero-order valence-electron chi connectivity index (χ0n) is 26.6. The number of aryl methyl sites for hydroxylation is 1. The summed E-state index contributed by atoms with van der Waals surface area (Å²) in [6.07, 6.45) is 4.14. The van der Waals surface area contributed by atoms with E-state index in [4.69, 9.17) is 9.47 Å². The van der Waals surface area contributed by atoms with Crippen molar-refractivity contribution in [2.75, 3.05) is 31.5 Å². The number of nitrogens with one attached hydrogen (secondary N) is 1. The molecule has 12 heteroatoms. The molecular formula is C34H42F3N5O4. The SMILES string of the molecule is CCCC(F)Oc1ccc(-n2nc(C)c(C(=O)Nc3cccc(C(C)(F)F)c3)c2OC(=O)N2CCC(N3CCCCC3)CC2)cc1. The Balaban J connectivity index is 1.40. The van der Waals surface area contributed by atoms with Gasteiger partial charge in [-0.25, -0.2) is 18.0 Å². The highest BCUT2D eigenvalue weighted by atomic mass is 19.3. The fraction of sp³-hybridized carbons (Fsp3) is 0.500. The Morgan fingerprint density at radius 1 is 1.04 bits per heavy atom. The number of alkyl halides is 3. The number of carbonyl (C=O) groups excluding carboxylic acids is 2. The van der Waals surface area contributed by atoms with Gasteiger partial charge in [-0.2, -0.15) is 9.78 Å². The van der Waals surface area contributed by atoms with E-state index in [1.54, 1.807) is 36.1 Å². The number of piperidine rings is 2. The van der Waals surface area contributed by atoms with Crippen molar-refractivity contribution in [1.82, 2.24) is 19.6 Å². The van der Waals surface area contributed by atoms with Crippen LogP contribution in [0.5, 0.6) is 11.6 Å². The van der Waals surface area contributed by atoms with Gasteiger partial charge in [-0.05, 0) is 88.5 Å². The van der Waals surface area contributed by atoms with Crippen LogP contribution in [0.3, 0.4) is 0 Å². The molecule has 248 valence electrons. The van der Waals surface area contributed by atoms with Crippen molar-refractivity contribution in [3.8, 4) is 17.3 Å². The van der Waals surface area contributed by atoms with E-state index in [1.807, 2.05) is 6.92 Å². The minimum atomic E-state index is -3.10. The maximum Gasteiger partial charge on any atom is 0.416 e. The predicted octanol–water partition coefficient (Wildman–Crippen LogP) is 7.47. The summed E-state index contributed by atoms with van der Waals surface area (Å²) in [7, 11) is 0. The first-order valence-electron chi connectivity index (χ1n) is 16.0. The molecule has 0 radical (unpaired) electrons. The van der Waals surface area contributed by atoms with Crippen LogP contribution in [0.2, 0.25) is 0 Å². The summed E-state index contributed by atoms with van der Waals surface area (Å²) >= 11 is 0. The van der Waals surface area contributed by atoms with E-state index >= 15 is 0 Å². The van der Waals surface area contributed by atoms with Gasteiger partial charge in [0.25, 0.3) is 11.8 Å². The Hall–Kier alpha value is -4.06. The lowest BCUT2D eigenvalue weighted by molar-refractivity contribution is 0.0175. The van der Waals surface area contributed by atoms with Gasteiger partial charge in [0, 0.05) is 43.7 Å². The van der Waals surface area contributed by atoms with E-state index in [0.717, 1.165) is 32.9 Å². The van der Waals surface area contributed by atoms with Gasteiger partial charge in [0.1, 0.15) is 11.3 Å². The zero-order valence-corrected chi connectivity index (χ0v) is 26.6. The van der Waals surface area contributed by atoms with Crippen LogP contribution in [-0.2, 0) is 5.92 Å². The summed E-state index contributed by atoms with van der Waals surface area (Å²) in [6.45, 7) is 7.44. The molecule has 0 saturated carbocycles. The molecule has 2 fully saturated rings. The number of halogens is 3. The maximum atomic E-state index is 14.1. The van der Waals surface area contributed by atoms with Crippen LogP contribution in [-0.4, -0.2) is 70.2 Å². The second kappa shape index (κ2) is 14.6. The van der Waals surface area contributed by atoms with Gasteiger partial charge in [0.15, 0.2) is 0 Å².